The van der Waals surface area contributed by atoms with Crippen molar-refractivity contribution in [3.8, 4) is 0 Å². The van der Waals surface area contributed by atoms with E-state index in [-0.39, 0.29) is 6.61 Å². The molecular weight excluding hydrogens is 332 g/mol. The summed E-state index contributed by atoms with van der Waals surface area (Å²) in [7, 11) is 0. The van der Waals surface area contributed by atoms with Crippen molar-refractivity contribution >= 4 is 17.7 Å². The first-order chi connectivity index (χ1) is 11.5. The number of alkyl carbamates (subject to hydrolysis) is 1. The first-order valence-electron chi connectivity index (χ1n) is 7.33. The van der Waals surface area contributed by atoms with Crippen LogP contribution < -0.4 is 5.32 Å². The van der Waals surface area contributed by atoms with Gasteiger partial charge in [-0.2, -0.15) is 0 Å². The van der Waals surface area contributed by atoms with Crippen LogP contribution in [0.3, 0.4) is 0 Å². The van der Waals surface area contributed by atoms with Gasteiger partial charge in [-0.15, -0.1) is 0 Å². The van der Waals surface area contributed by atoms with E-state index in [1.54, 1.807) is 24.3 Å². The van der Waals surface area contributed by atoms with Crippen LogP contribution in [0.2, 0.25) is 5.02 Å². The van der Waals surface area contributed by atoms with Crippen molar-refractivity contribution < 1.29 is 14.5 Å². The third-order valence-electron chi connectivity index (χ3n) is 3.53. The molecule has 0 unspecified atom stereocenters. The highest BCUT2D eigenvalue weighted by Gasteiger charge is 2.30. The lowest BCUT2D eigenvalue weighted by Gasteiger charge is -2.20. The highest BCUT2D eigenvalue weighted by molar-refractivity contribution is 6.30. The number of nitrogens with zero attached hydrogens (tertiary/aromatic N) is 1. The Labute approximate surface area is 144 Å². The summed E-state index contributed by atoms with van der Waals surface area (Å²) in [6.45, 7) is 1.52. The molecule has 2 aromatic rings. The molecule has 0 aliphatic rings. The SMILES string of the molecule is C[C@@H]([C@H](NC(=O)OCc1ccccc1)c1ccc(Cl)cc1)[N+](=O)[O-]. The predicted octanol–water partition coefficient (Wildman–Crippen LogP) is 3.97. The quantitative estimate of drug-likeness (QED) is 0.632. The zero-order chi connectivity index (χ0) is 17.5. The molecule has 0 spiro atoms. The normalized spacial score (nSPS) is 12.9. The topological polar surface area (TPSA) is 81.5 Å². The summed E-state index contributed by atoms with van der Waals surface area (Å²) in [5.74, 6) is 0. The maximum atomic E-state index is 12.0. The second kappa shape index (κ2) is 8.31. The number of carbonyl (C=O) groups is 1. The number of amides is 1. The molecule has 0 heterocycles. The number of benzene rings is 2. The summed E-state index contributed by atoms with van der Waals surface area (Å²) >= 11 is 5.84. The molecule has 2 atom stereocenters. The van der Waals surface area contributed by atoms with E-state index in [1.807, 2.05) is 30.3 Å². The lowest BCUT2D eigenvalue weighted by Crippen LogP contribution is -2.38. The van der Waals surface area contributed by atoms with Crippen LogP contribution in [-0.2, 0) is 11.3 Å². The zero-order valence-corrected chi connectivity index (χ0v) is 13.8. The fourth-order valence-corrected chi connectivity index (χ4v) is 2.29. The average molecular weight is 349 g/mol. The van der Waals surface area contributed by atoms with Crippen LogP contribution in [0, 0.1) is 10.1 Å². The standard InChI is InChI=1S/C17H17ClN2O4/c1-12(20(22)23)16(14-7-9-15(18)10-8-14)19-17(21)24-11-13-5-3-2-4-6-13/h2-10,12,16H,11H2,1H3,(H,19,21)/t12-,16-/m0/s1. The molecule has 2 aromatic carbocycles. The number of hydrogen-bond acceptors (Lipinski definition) is 4. The van der Waals surface area contributed by atoms with Crippen LogP contribution in [0.25, 0.3) is 0 Å². The summed E-state index contributed by atoms with van der Waals surface area (Å²) < 4.78 is 5.13. The molecule has 0 saturated carbocycles. The highest BCUT2D eigenvalue weighted by Crippen LogP contribution is 2.21. The summed E-state index contributed by atoms with van der Waals surface area (Å²) in [5.41, 5.74) is 1.42. The van der Waals surface area contributed by atoms with Gasteiger partial charge in [-0.05, 0) is 23.3 Å². The van der Waals surface area contributed by atoms with Crippen LogP contribution in [0.1, 0.15) is 24.1 Å². The van der Waals surface area contributed by atoms with Crippen molar-refractivity contribution in [1.29, 1.82) is 0 Å². The largest absolute Gasteiger partial charge is 0.445 e. The molecule has 0 saturated heterocycles. The second-order valence-electron chi connectivity index (χ2n) is 5.26. The molecule has 1 amide bonds. The van der Waals surface area contributed by atoms with Crippen LogP contribution in [0.5, 0.6) is 0 Å². The molecule has 0 aromatic heterocycles. The Kier molecular flexibility index (Phi) is 6.14. The lowest BCUT2D eigenvalue weighted by atomic mass is 10.0. The van der Waals surface area contributed by atoms with Gasteiger partial charge >= 0.3 is 6.09 Å². The van der Waals surface area contributed by atoms with Crippen molar-refractivity contribution in [3.05, 3.63) is 80.9 Å². The maximum absolute atomic E-state index is 12.0. The Hall–Kier alpha value is -2.60. The van der Waals surface area contributed by atoms with Gasteiger partial charge in [-0.1, -0.05) is 54.1 Å². The van der Waals surface area contributed by atoms with E-state index in [1.165, 1.54) is 6.92 Å². The minimum atomic E-state index is -1.02. The minimum absolute atomic E-state index is 0.0901. The van der Waals surface area contributed by atoms with Crippen molar-refractivity contribution in [2.24, 2.45) is 0 Å². The highest BCUT2D eigenvalue weighted by atomic mass is 35.5. The molecular formula is C17H17ClN2O4. The molecule has 6 nitrogen and oxygen atoms in total. The Balaban J connectivity index is 2.05. The smallest absolute Gasteiger partial charge is 0.408 e. The van der Waals surface area contributed by atoms with Gasteiger partial charge in [0.05, 0.1) is 0 Å². The van der Waals surface area contributed by atoms with E-state index in [0.29, 0.717) is 10.6 Å². The summed E-state index contributed by atoms with van der Waals surface area (Å²) in [6.07, 6.45) is -0.715. The summed E-state index contributed by atoms with van der Waals surface area (Å²) in [6, 6.07) is 13.9. The molecule has 0 aliphatic heterocycles. The van der Waals surface area contributed by atoms with Crippen LogP contribution in [0.15, 0.2) is 54.6 Å². The van der Waals surface area contributed by atoms with Crippen molar-refractivity contribution in [3.63, 3.8) is 0 Å². The summed E-state index contributed by atoms with van der Waals surface area (Å²) in [5, 5.41) is 14.2. The molecule has 24 heavy (non-hydrogen) atoms. The van der Waals surface area contributed by atoms with Gasteiger partial charge in [0.1, 0.15) is 12.6 Å². The molecule has 0 aliphatic carbocycles. The van der Waals surface area contributed by atoms with Gasteiger partial charge in [0.25, 0.3) is 0 Å². The monoisotopic (exact) mass is 348 g/mol. The molecule has 2 rings (SSSR count). The Morgan fingerprint density at radius 1 is 1.21 bits per heavy atom. The van der Waals surface area contributed by atoms with Crippen molar-refractivity contribution in [1.82, 2.24) is 5.32 Å². The van der Waals surface area contributed by atoms with Crippen molar-refractivity contribution in [2.75, 3.05) is 0 Å². The summed E-state index contributed by atoms with van der Waals surface area (Å²) in [4.78, 5) is 22.7. The maximum Gasteiger partial charge on any atom is 0.408 e. The van der Waals surface area contributed by atoms with Gasteiger partial charge in [-0.3, -0.25) is 10.1 Å². The minimum Gasteiger partial charge on any atom is -0.445 e. The van der Waals surface area contributed by atoms with Gasteiger partial charge in [0.2, 0.25) is 6.04 Å². The average Bonchev–Trinajstić information content (AvgIpc) is 2.59. The molecule has 7 heteroatoms. The van der Waals surface area contributed by atoms with Crippen LogP contribution >= 0.6 is 11.6 Å². The number of nitrogens with one attached hydrogen (secondary N) is 1. The number of carbonyl (C=O) groups excluding carboxylic acids is 1. The molecule has 0 radical (unpaired) electrons. The fourth-order valence-electron chi connectivity index (χ4n) is 2.17. The van der Waals surface area contributed by atoms with Crippen molar-refractivity contribution in [2.45, 2.75) is 25.6 Å². The van der Waals surface area contributed by atoms with E-state index < -0.39 is 23.1 Å². The molecule has 0 bridgehead atoms. The van der Waals surface area contributed by atoms with E-state index in [0.717, 1.165) is 5.56 Å². The zero-order valence-electron chi connectivity index (χ0n) is 13.0. The lowest BCUT2D eigenvalue weighted by molar-refractivity contribution is -0.523. The van der Waals surface area contributed by atoms with E-state index >= 15 is 0 Å². The van der Waals surface area contributed by atoms with E-state index in [4.69, 9.17) is 16.3 Å². The number of ether oxygens (including phenoxy) is 1. The van der Waals surface area contributed by atoms with Gasteiger partial charge in [0.15, 0.2) is 0 Å². The van der Waals surface area contributed by atoms with E-state index in [9.17, 15) is 14.9 Å². The Morgan fingerprint density at radius 2 is 1.83 bits per heavy atom. The first-order valence-corrected chi connectivity index (χ1v) is 7.71. The van der Waals surface area contributed by atoms with Gasteiger partial charge in [-0.25, -0.2) is 4.79 Å². The molecule has 126 valence electrons. The predicted molar refractivity (Wildman–Crippen MR) is 90.4 cm³/mol. The van der Waals surface area contributed by atoms with Crippen LogP contribution in [0.4, 0.5) is 4.79 Å². The van der Waals surface area contributed by atoms with Gasteiger partial charge < -0.3 is 10.1 Å². The Morgan fingerprint density at radius 3 is 2.42 bits per heavy atom. The van der Waals surface area contributed by atoms with Gasteiger partial charge in [0, 0.05) is 16.9 Å². The van der Waals surface area contributed by atoms with Crippen LogP contribution in [-0.4, -0.2) is 17.1 Å². The first kappa shape index (κ1) is 17.7. The molecule has 1 N–H and O–H groups in total. The number of hydrogen-bond donors (Lipinski definition) is 1. The fraction of sp³-hybridized carbons (Fsp3) is 0.235. The third kappa shape index (κ3) is 4.96. The number of halogens is 1. The number of rotatable bonds is 6. The second-order valence-corrected chi connectivity index (χ2v) is 5.70. The third-order valence-corrected chi connectivity index (χ3v) is 3.78. The number of nitro groups is 1. The molecule has 0 fully saturated rings. The Bertz CT molecular complexity index is 691. The van der Waals surface area contributed by atoms with E-state index in [2.05, 4.69) is 5.32 Å².